The third kappa shape index (κ3) is 10.0. The highest BCUT2D eigenvalue weighted by atomic mass is 127. The van der Waals surface area contributed by atoms with Gasteiger partial charge < -0.3 is 20.7 Å². The van der Waals surface area contributed by atoms with Gasteiger partial charge in [0.2, 0.25) is 0 Å². The number of halogens is 1. The van der Waals surface area contributed by atoms with Crippen molar-refractivity contribution < 1.29 is 9.53 Å². The highest BCUT2D eigenvalue weighted by Crippen LogP contribution is 2.14. The van der Waals surface area contributed by atoms with Gasteiger partial charge in [-0.15, -0.1) is 24.0 Å². The van der Waals surface area contributed by atoms with Crippen LogP contribution in [0.2, 0.25) is 0 Å². The molecule has 0 saturated carbocycles. The number of hydrogen-bond acceptors (Lipinski definition) is 3. The molecule has 170 valence electrons. The fourth-order valence-corrected chi connectivity index (χ4v) is 2.99. The summed E-state index contributed by atoms with van der Waals surface area (Å²) in [6.45, 7) is 7.13. The van der Waals surface area contributed by atoms with Crippen LogP contribution in [0.25, 0.3) is 0 Å². The summed E-state index contributed by atoms with van der Waals surface area (Å²) in [5.74, 6) is 1.66. The van der Waals surface area contributed by atoms with Crippen LogP contribution in [0.5, 0.6) is 5.75 Å². The third-order valence-electron chi connectivity index (χ3n) is 4.51. The van der Waals surface area contributed by atoms with Crippen LogP contribution < -0.4 is 20.7 Å². The number of rotatable bonds is 11. The molecule has 7 heteroatoms. The molecule has 2 aromatic carbocycles. The smallest absolute Gasteiger partial charge is 0.251 e. The Morgan fingerprint density at radius 1 is 1.00 bits per heavy atom. The summed E-state index contributed by atoms with van der Waals surface area (Å²) in [4.78, 5) is 16.5. The topological polar surface area (TPSA) is 74.8 Å². The lowest BCUT2D eigenvalue weighted by molar-refractivity contribution is 0.0963. The summed E-state index contributed by atoms with van der Waals surface area (Å²) in [5.41, 5.74) is 3.01. The second-order valence-corrected chi connectivity index (χ2v) is 6.96. The van der Waals surface area contributed by atoms with Crippen LogP contribution >= 0.6 is 24.0 Å². The molecule has 31 heavy (non-hydrogen) atoms. The van der Waals surface area contributed by atoms with Gasteiger partial charge in [-0.05, 0) is 61.6 Å². The molecule has 0 atom stereocenters. The van der Waals surface area contributed by atoms with Crippen LogP contribution in [0.4, 0.5) is 0 Å². The fourth-order valence-electron chi connectivity index (χ4n) is 2.99. The Labute approximate surface area is 203 Å². The van der Waals surface area contributed by atoms with Crippen LogP contribution in [-0.4, -0.2) is 45.2 Å². The van der Waals surface area contributed by atoms with Crippen LogP contribution in [0.1, 0.15) is 41.8 Å². The summed E-state index contributed by atoms with van der Waals surface area (Å²) in [5, 5.41) is 9.31. The number of ether oxygens (including phenoxy) is 1. The number of aliphatic imine (C=N–C) groups is 1. The van der Waals surface area contributed by atoms with E-state index < -0.39 is 0 Å². The highest BCUT2D eigenvalue weighted by Gasteiger charge is 2.04. The third-order valence-corrected chi connectivity index (χ3v) is 4.51. The Kier molecular flexibility index (Phi) is 13.4. The number of benzene rings is 2. The van der Waals surface area contributed by atoms with Crippen molar-refractivity contribution in [1.82, 2.24) is 16.0 Å². The molecule has 1 amide bonds. The zero-order chi connectivity index (χ0) is 21.6. The number of carbonyl (C=O) groups excluding carboxylic acids is 1. The van der Waals surface area contributed by atoms with Gasteiger partial charge in [-0.25, -0.2) is 0 Å². The second-order valence-electron chi connectivity index (χ2n) is 6.96. The van der Waals surface area contributed by atoms with Crippen LogP contribution in [-0.2, 0) is 12.8 Å². The van der Waals surface area contributed by atoms with Crippen molar-refractivity contribution >= 4 is 35.8 Å². The van der Waals surface area contributed by atoms with Crippen LogP contribution in [0.3, 0.4) is 0 Å². The molecular weight excluding hydrogens is 503 g/mol. The van der Waals surface area contributed by atoms with Crippen molar-refractivity contribution in [3.8, 4) is 5.75 Å². The first-order valence-electron chi connectivity index (χ1n) is 10.7. The number of amides is 1. The normalized spacial score (nSPS) is 10.7. The predicted molar refractivity (Wildman–Crippen MR) is 139 cm³/mol. The standard InChI is InChI=1S/C24H34N4O2.HI/c1-4-16-30-22-11-7-9-20(18-22)13-15-28-24(26-5-2)27-14-12-19-8-6-10-21(17-19)23(29)25-3;/h6-11,17-18H,4-5,12-16H2,1-3H3,(H,25,29)(H2,26,27,28);1H. The molecule has 0 heterocycles. The van der Waals surface area contributed by atoms with E-state index in [0.29, 0.717) is 12.1 Å². The van der Waals surface area contributed by atoms with E-state index >= 15 is 0 Å². The minimum atomic E-state index is -0.0659. The fraction of sp³-hybridized carbons (Fsp3) is 0.417. The van der Waals surface area contributed by atoms with E-state index in [1.165, 1.54) is 5.56 Å². The van der Waals surface area contributed by atoms with E-state index in [2.05, 4.69) is 46.9 Å². The quantitative estimate of drug-likeness (QED) is 0.231. The van der Waals surface area contributed by atoms with Gasteiger partial charge in [-0.1, -0.05) is 31.2 Å². The van der Waals surface area contributed by atoms with Crippen molar-refractivity contribution in [3.05, 3.63) is 65.2 Å². The Bertz CT molecular complexity index is 827. The number of guanidine groups is 1. The minimum Gasteiger partial charge on any atom is -0.494 e. The van der Waals surface area contributed by atoms with E-state index in [1.807, 2.05) is 36.4 Å². The molecule has 2 rings (SSSR count). The average Bonchev–Trinajstić information content (AvgIpc) is 2.77. The first-order valence-corrected chi connectivity index (χ1v) is 10.7. The molecule has 0 spiro atoms. The molecule has 0 aromatic heterocycles. The van der Waals surface area contributed by atoms with Crippen molar-refractivity contribution in [3.63, 3.8) is 0 Å². The van der Waals surface area contributed by atoms with E-state index in [4.69, 9.17) is 4.74 Å². The molecule has 0 aliphatic rings. The number of nitrogens with zero attached hydrogens (tertiary/aromatic N) is 1. The predicted octanol–water partition coefficient (Wildman–Crippen LogP) is 3.79. The maximum atomic E-state index is 11.8. The van der Waals surface area contributed by atoms with Gasteiger partial charge in [-0.2, -0.15) is 0 Å². The molecule has 0 aliphatic carbocycles. The zero-order valence-electron chi connectivity index (χ0n) is 18.7. The largest absolute Gasteiger partial charge is 0.494 e. The molecule has 0 aliphatic heterocycles. The lowest BCUT2D eigenvalue weighted by atomic mass is 10.1. The Morgan fingerprint density at radius 3 is 2.45 bits per heavy atom. The average molecular weight is 538 g/mol. The van der Waals surface area contributed by atoms with Gasteiger partial charge in [0.25, 0.3) is 5.91 Å². The lowest BCUT2D eigenvalue weighted by Gasteiger charge is -2.12. The van der Waals surface area contributed by atoms with Crippen LogP contribution in [0, 0.1) is 0 Å². The first kappa shape index (κ1) is 26.7. The molecule has 0 radical (unpaired) electrons. The summed E-state index contributed by atoms with van der Waals surface area (Å²) < 4.78 is 5.70. The zero-order valence-corrected chi connectivity index (χ0v) is 21.1. The summed E-state index contributed by atoms with van der Waals surface area (Å²) in [6, 6.07) is 15.9. The number of carbonyl (C=O) groups is 1. The SMILES string of the molecule is CCCOc1cccc(CCN=C(NCC)NCCc2cccc(C(=O)NC)c2)c1.I. The summed E-state index contributed by atoms with van der Waals surface area (Å²) >= 11 is 0. The summed E-state index contributed by atoms with van der Waals surface area (Å²) in [7, 11) is 1.64. The van der Waals surface area contributed by atoms with Gasteiger partial charge in [0.15, 0.2) is 5.96 Å². The first-order chi connectivity index (χ1) is 14.7. The minimum absolute atomic E-state index is 0. The van der Waals surface area contributed by atoms with E-state index in [1.54, 1.807) is 7.05 Å². The molecular formula is C24H35IN4O2. The van der Waals surface area contributed by atoms with Gasteiger partial charge in [0.05, 0.1) is 6.61 Å². The molecule has 3 N–H and O–H groups in total. The van der Waals surface area contributed by atoms with Crippen molar-refractivity contribution in [2.45, 2.75) is 33.1 Å². The number of hydrogen-bond donors (Lipinski definition) is 3. The highest BCUT2D eigenvalue weighted by molar-refractivity contribution is 14.0. The monoisotopic (exact) mass is 538 g/mol. The van der Waals surface area contributed by atoms with Crippen molar-refractivity contribution in [1.29, 1.82) is 0 Å². The molecule has 0 fully saturated rings. The van der Waals surface area contributed by atoms with Gasteiger partial charge in [-0.3, -0.25) is 9.79 Å². The summed E-state index contributed by atoms with van der Waals surface area (Å²) in [6.07, 6.45) is 2.67. The van der Waals surface area contributed by atoms with Gasteiger partial charge in [0.1, 0.15) is 5.75 Å². The van der Waals surface area contributed by atoms with Crippen LogP contribution in [0.15, 0.2) is 53.5 Å². The van der Waals surface area contributed by atoms with Crippen molar-refractivity contribution in [2.24, 2.45) is 4.99 Å². The van der Waals surface area contributed by atoms with E-state index in [9.17, 15) is 4.79 Å². The lowest BCUT2D eigenvalue weighted by Crippen LogP contribution is -2.38. The van der Waals surface area contributed by atoms with Gasteiger partial charge in [0, 0.05) is 32.2 Å². The molecule has 2 aromatic rings. The molecule has 6 nitrogen and oxygen atoms in total. The Morgan fingerprint density at radius 2 is 1.74 bits per heavy atom. The van der Waals surface area contributed by atoms with E-state index in [-0.39, 0.29) is 29.9 Å². The van der Waals surface area contributed by atoms with E-state index in [0.717, 1.165) is 56.2 Å². The Balaban J connectivity index is 0.00000480. The maximum absolute atomic E-state index is 11.8. The second kappa shape index (κ2) is 15.5. The molecule has 0 bridgehead atoms. The van der Waals surface area contributed by atoms with Crippen molar-refractivity contribution in [2.75, 3.05) is 33.3 Å². The molecule has 0 unspecified atom stereocenters. The maximum Gasteiger partial charge on any atom is 0.251 e. The molecule has 0 saturated heterocycles. The number of nitrogens with one attached hydrogen (secondary N) is 3. The van der Waals surface area contributed by atoms with Gasteiger partial charge >= 0.3 is 0 Å². The Hall–Kier alpha value is -2.29.